The minimum atomic E-state index is -3.84. The number of halogens is 2. The summed E-state index contributed by atoms with van der Waals surface area (Å²) >= 11 is 0. The lowest BCUT2D eigenvalue weighted by Crippen LogP contribution is -2.38. The number of benzene rings is 1. The second kappa shape index (κ2) is 8.63. The van der Waals surface area contributed by atoms with Crippen molar-refractivity contribution in [2.75, 3.05) is 30.6 Å². The average molecular weight is 416 g/mol. The molecule has 1 saturated heterocycles. The highest BCUT2D eigenvalue weighted by Gasteiger charge is 2.30. The van der Waals surface area contributed by atoms with E-state index in [-0.39, 0.29) is 34.8 Å². The van der Waals surface area contributed by atoms with Crippen molar-refractivity contribution in [3.05, 3.63) is 24.0 Å². The van der Waals surface area contributed by atoms with Crippen molar-refractivity contribution in [2.45, 2.75) is 30.7 Å². The third kappa shape index (κ3) is 5.27. The number of anilines is 1. The SMILES string of the molecule is CCCS(=O)(=O)Nc1ccc(S(=O)(=O)N(C)C2CCNC2)cc1F.Cl. The third-order valence-electron chi connectivity index (χ3n) is 3.90. The Kier molecular flexibility index (Phi) is 7.63. The molecule has 1 fully saturated rings. The summed E-state index contributed by atoms with van der Waals surface area (Å²) in [6.07, 6.45) is 1.08. The molecule has 1 unspecified atom stereocenters. The Morgan fingerprint density at radius 3 is 2.52 bits per heavy atom. The first-order valence-electron chi connectivity index (χ1n) is 7.66. The molecule has 1 aliphatic heterocycles. The zero-order chi connectivity index (χ0) is 18.0. The zero-order valence-corrected chi connectivity index (χ0v) is 16.5. The largest absolute Gasteiger partial charge is 0.315 e. The van der Waals surface area contributed by atoms with Crippen LogP contribution in [0.5, 0.6) is 0 Å². The highest BCUT2D eigenvalue weighted by molar-refractivity contribution is 7.92. The fraction of sp³-hybridized carbons (Fsp3) is 0.571. The second-order valence-electron chi connectivity index (χ2n) is 5.73. The molecule has 1 heterocycles. The Labute approximate surface area is 154 Å². The first-order chi connectivity index (χ1) is 11.2. The Hall–Kier alpha value is -0.940. The van der Waals surface area contributed by atoms with Crippen LogP contribution in [-0.2, 0) is 20.0 Å². The molecule has 1 aromatic rings. The van der Waals surface area contributed by atoms with E-state index in [9.17, 15) is 21.2 Å². The molecule has 1 aliphatic rings. The molecule has 7 nitrogen and oxygen atoms in total. The lowest BCUT2D eigenvalue weighted by Gasteiger charge is -2.23. The van der Waals surface area contributed by atoms with Gasteiger partial charge >= 0.3 is 0 Å². The smallest absolute Gasteiger partial charge is 0.243 e. The predicted octanol–water partition coefficient (Wildman–Crippen LogP) is 1.38. The number of nitrogens with one attached hydrogen (secondary N) is 2. The highest BCUT2D eigenvalue weighted by atomic mass is 35.5. The molecular formula is C14H23ClFN3O4S2. The molecular weight excluding hydrogens is 393 g/mol. The van der Waals surface area contributed by atoms with E-state index in [1.165, 1.54) is 17.4 Å². The molecule has 11 heteroatoms. The molecule has 0 radical (unpaired) electrons. The molecule has 2 N–H and O–H groups in total. The maximum absolute atomic E-state index is 14.2. The first-order valence-corrected chi connectivity index (χ1v) is 10.8. The van der Waals surface area contributed by atoms with Gasteiger partial charge in [0.2, 0.25) is 20.0 Å². The molecule has 0 saturated carbocycles. The van der Waals surface area contributed by atoms with Crippen LogP contribution in [0, 0.1) is 5.82 Å². The van der Waals surface area contributed by atoms with Gasteiger partial charge in [-0.2, -0.15) is 4.31 Å². The number of hydrogen-bond donors (Lipinski definition) is 2. The maximum atomic E-state index is 14.2. The molecule has 0 aliphatic carbocycles. The summed E-state index contributed by atoms with van der Waals surface area (Å²) in [5.74, 6) is -1.06. The summed E-state index contributed by atoms with van der Waals surface area (Å²) in [7, 11) is -6.02. The van der Waals surface area contributed by atoms with Gasteiger partial charge in [0.1, 0.15) is 5.82 Å². The van der Waals surface area contributed by atoms with Crippen LogP contribution in [0.1, 0.15) is 19.8 Å². The second-order valence-corrected chi connectivity index (χ2v) is 9.57. The third-order valence-corrected chi connectivity index (χ3v) is 7.29. The fourth-order valence-corrected chi connectivity index (χ4v) is 5.08. The number of rotatable bonds is 7. The van der Waals surface area contributed by atoms with Crippen LogP contribution < -0.4 is 10.0 Å². The number of likely N-dealkylation sites (N-methyl/N-ethyl adjacent to an activating group) is 1. The van der Waals surface area contributed by atoms with E-state index >= 15 is 0 Å². The van der Waals surface area contributed by atoms with Crippen molar-refractivity contribution >= 4 is 38.1 Å². The average Bonchev–Trinajstić information content (AvgIpc) is 3.02. The minimum absolute atomic E-state index is 0. The quantitative estimate of drug-likeness (QED) is 0.701. The van der Waals surface area contributed by atoms with Crippen LogP contribution in [0.3, 0.4) is 0 Å². The van der Waals surface area contributed by atoms with Crippen molar-refractivity contribution in [2.24, 2.45) is 0 Å². The molecule has 1 atom stereocenters. The van der Waals surface area contributed by atoms with Crippen molar-refractivity contribution in [3.8, 4) is 0 Å². The molecule has 144 valence electrons. The Morgan fingerprint density at radius 1 is 1.32 bits per heavy atom. The number of nitrogens with zero attached hydrogens (tertiary/aromatic N) is 1. The molecule has 0 aromatic heterocycles. The zero-order valence-electron chi connectivity index (χ0n) is 14.0. The van der Waals surface area contributed by atoms with E-state index in [1.807, 2.05) is 0 Å². The number of hydrogen-bond acceptors (Lipinski definition) is 5. The summed E-state index contributed by atoms with van der Waals surface area (Å²) in [4.78, 5) is -0.201. The van der Waals surface area contributed by atoms with Gasteiger partial charge in [0.05, 0.1) is 16.3 Å². The Balaban J connectivity index is 0.00000312. The first kappa shape index (κ1) is 22.1. The van der Waals surface area contributed by atoms with Gasteiger partial charge in [-0.1, -0.05) is 6.92 Å². The van der Waals surface area contributed by atoms with Crippen LogP contribution in [0.25, 0.3) is 0 Å². The van der Waals surface area contributed by atoms with Crippen molar-refractivity contribution < 1.29 is 21.2 Å². The summed E-state index contributed by atoms with van der Waals surface area (Å²) in [5, 5.41) is 3.08. The van der Waals surface area contributed by atoms with Gasteiger partial charge < -0.3 is 5.32 Å². The minimum Gasteiger partial charge on any atom is -0.315 e. The van der Waals surface area contributed by atoms with Crippen LogP contribution in [0.2, 0.25) is 0 Å². The van der Waals surface area contributed by atoms with Crippen molar-refractivity contribution in [1.82, 2.24) is 9.62 Å². The van der Waals surface area contributed by atoms with Crippen LogP contribution in [-0.4, -0.2) is 53.1 Å². The topological polar surface area (TPSA) is 95.6 Å². The maximum Gasteiger partial charge on any atom is 0.243 e. The normalized spacial score (nSPS) is 18.2. The van der Waals surface area contributed by atoms with E-state index in [0.717, 1.165) is 18.7 Å². The van der Waals surface area contributed by atoms with E-state index in [4.69, 9.17) is 0 Å². The van der Waals surface area contributed by atoms with Gasteiger partial charge in [0.25, 0.3) is 0 Å². The molecule has 25 heavy (non-hydrogen) atoms. The van der Waals surface area contributed by atoms with Gasteiger partial charge in [0, 0.05) is 19.6 Å². The summed E-state index contributed by atoms with van der Waals surface area (Å²) in [6, 6.07) is 3.01. The van der Waals surface area contributed by atoms with Crippen molar-refractivity contribution in [3.63, 3.8) is 0 Å². The number of sulfonamides is 2. The van der Waals surface area contributed by atoms with Crippen molar-refractivity contribution in [1.29, 1.82) is 0 Å². The Bertz CT molecular complexity index is 796. The van der Waals surface area contributed by atoms with Crippen LogP contribution in [0.15, 0.2) is 23.1 Å². The van der Waals surface area contributed by atoms with Gasteiger partial charge in [-0.25, -0.2) is 21.2 Å². The van der Waals surface area contributed by atoms with E-state index in [0.29, 0.717) is 19.4 Å². The summed E-state index contributed by atoms with van der Waals surface area (Å²) in [6.45, 7) is 2.98. The van der Waals surface area contributed by atoms with Gasteiger partial charge in [-0.05, 0) is 37.6 Å². The monoisotopic (exact) mass is 415 g/mol. The van der Waals surface area contributed by atoms with E-state index in [2.05, 4.69) is 10.0 Å². The summed E-state index contributed by atoms with van der Waals surface area (Å²) < 4.78 is 66.1. The summed E-state index contributed by atoms with van der Waals surface area (Å²) in [5.41, 5.74) is -0.257. The van der Waals surface area contributed by atoms with Gasteiger partial charge in [-0.15, -0.1) is 12.4 Å². The van der Waals surface area contributed by atoms with Crippen LogP contribution in [0.4, 0.5) is 10.1 Å². The van der Waals surface area contributed by atoms with E-state index in [1.54, 1.807) is 6.92 Å². The lowest BCUT2D eigenvalue weighted by molar-refractivity contribution is 0.387. The highest BCUT2D eigenvalue weighted by Crippen LogP contribution is 2.24. The lowest BCUT2D eigenvalue weighted by atomic mass is 10.3. The van der Waals surface area contributed by atoms with E-state index < -0.39 is 25.9 Å². The Morgan fingerprint density at radius 2 is 2.00 bits per heavy atom. The molecule has 1 aromatic carbocycles. The van der Waals surface area contributed by atoms with Crippen LogP contribution >= 0.6 is 12.4 Å². The van der Waals surface area contributed by atoms with Gasteiger partial charge in [0.15, 0.2) is 0 Å². The molecule has 0 bridgehead atoms. The van der Waals surface area contributed by atoms with Gasteiger partial charge in [-0.3, -0.25) is 4.72 Å². The predicted molar refractivity (Wildman–Crippen MR) is 97.6 cm³/mol. The molecule has 0 spiro atoms. The molecule has 2 rings (SSSR count). The fourth-order valence-electron chi connectivity index (χ4n) is 2.54. The molecule has 0 amide bonds. The standard InChI is InChI=1S/C14H22FN3O4S2.ClH/c1-3-8-23(19,20)17-14-5-4-12(9-13(14)15)24(21,22)18(2)11-6-7-16-10-11;/h4-5,9,11,16-17H,3,6-8,10H2,1-2H3;1H.